The summed E-state index contributed by atoms with van der Waals surface area (Å²) >= 11 is 0. The molecule has 1 aliphatic rings. The first-order valence-electron chi connectivity index (χ1n) is 4.45. The summed E-state index contributed by atoms with van der Waals surface area (Å²) in [6.45, 7) is 5.41. The average Bonchev–Trinajstić information content (AvgIpc) is 2.54. The van der Waals surface area contributed by atoms with E-state index in [1.165, 1.54) is 5.57 Å². The van der Waals surface area contributed by atoms with Gasteiger partial charge in [0.2, 0.25) is 0 Å². The van der Waals surface area contributed by atoms with Crippen LogP contribution in [0.1, 0.15) is 5.56 Å². The van der Waals surface area contributed by atoms with Crippen LogP contribution in [-0.2, 0) is 24.2 Å². The standard InChI is InChI=1S/C12H12O.Rh/c1-10-8-13-9-12(10)7-11-5-3-2-4-6-11;/h2-6,10H,1,8-9H2;/q-2;+2/t10-;/m1./s1. The van der Waals surface area contributed by atoms with E-state index in [0.717, 1.165) is 12.2 Å². The Morgan fingerprint density at radius 1 is 1.29 bits per heavy atom. The van der Waals surface area contributed by atoms with Crippen LogP contribution in [0.3, 0.4) is 0 Å². The minimum absolute atomic E-state index is 0. The first-order valence-corrected chi connectivity index (χ1v) is 4.45. The maximum Gasteiger partial charge on any atom is 2.00 e. The van der Waals surface area contributed by atoms with Crippen LogP contribution in [0.2, 0.25) is 0 Å². The zero-order chi connectivity index (χ0) is 9.10. The Hall–Kier alpha value is -0.457. The summed E-state index contributed by atoms with van der Waals surface area (Å²) in [5.41, 5.74) is 2.28. The van der Waals surface area contributed by atoms with Crippen molar-refractivity contribution in [3.05, 3.63) is 54.5 Å². The Morgan fingerprint density at radius 2 is 2.00 bits per heavy atom. The molecule has 0 spiro atoms. The molecule has 0 unspecified atom stereocenters. The van der Waals surface area contributed by atoms with E-state index in [4.69, 9.17) is 4.74 Å². The molecule has 0 amide bonds. The van der Waals surface area contributed by atoms with Gasteiger partial charge in [0, 0.05) is 6.61 Å². The fraction of sp³-hybridized carbons (Fsp3) is 0.250. The predicted molar refractivity (Wildman–Crippen MR) is 52.0 cm³/mol. The van der Waals surface area contributed by atoms with Crippen molar-refractivity contribution in [2.45, 2.75) is 0 Å². The van der Waals surface area contributed by atoms with Gasteiger partial charge in [0.25, 0.3) is 0 Å². The van der Waals surface area contributed by atoms with Gasteiger partial charge >= 0.3 is 19.5 Å². The third kappa shape index (κ3) is 2.76. The fourth-order valence-corrected chi connectivity index (χ4v) is 1.37. The summed E-state index contributed by atoms with van der Waals surface area (Å²) in [6, 6.07) is 10.1. The Bertz CT molecular complexity index is 305. The van der Waals surface area contributed by atoms with Crippen LogP contribution in [0.5, 0.6) is 0 Å². The topological polar surface area (TPSA) is 9.23 Å². The minimum Gasteiger partial charge on any atom is -0.380 e. The third-order valence-corrected chi connectivity index (χ3v) is 2.15. The summed E-state index contributed by atoms with van der Waals surface area (Å²) in [7, 11) is 0. The number of rotatable bonds is 1. The maximum absolute atomic E-state index is 5.28. The molecular weight excluding hydrogens is 263 g/mol. The van der Waals surface area contributed by atoms with Gasteiger partial charge in [-0.25, -0.2) is 0 Å². The van der Waals surface area contributed by atoms with Crippen LogP contribution in [0.4, 0.5) is 0 Å². The van der Waals surface area contributed by atoms with E-state index in [1.807, 2.05) is 30.3 Å². The third-order valence-electron chi connectivity index (χ3n) is 2.15. The SMILES string of the molecule is [CH2-][C@@H]1COCC1=[C-]c1ccccc1.[Rh+2]. The van der Waals surface area contributed by atoms with Gasteiger partial charge in [0.1, 0.15) is 0 Å². The largest absolute Gasteiger partial charge is 2.00 e. The van der Waals surface area contributed by atoms with Crippen LogP contribution in [-0.4, -0.2) is 13.2 Å². The van der Waals surface area contributed by atoms with Gasteiger partial charge in [0.15, 0.2) is 0 Å². The summed E-state index contributed by atoms with van der Waals surface area (Å²) < 4.78 is 5.28. The van der Waals surface area contributed by atoms with Gasteiger partial charge in [-0.05, 0) is 0 Å². The summed E-state index contributed by atoms with van der Waals surface area (Å²) in [4.78, 5) is 0. The Labute approximate surface area is 97.9 Å². The molecule has 1 heterocycles. The molecule has 0 saturated carbocycles. The molecule has 1 radical (unpaired) electrons. The molecule has 2 rings (SSSR count). The summed E-state index contributed by atoms with van der Waals surface area (Å²) in [5.74, 6) is 0.278. The van der Waals surface area contributed by atoms with E-state index in [0.29, 0.717) is 6.61 Å². The number of benzene rings is 1. The molecule has 0 aliphatic carbocycles. The zero-order valence-electron chi connectivity index (χ0n) is 7.83. The van der Waals surface area contributed by atoms with Crippen LogP contribution in [0.25, 0.3) is 0 Å². The first kappa shape index (κ1) is 11.6. The average molecular weight is 275 g/mol. The number of hydrogen-bond donors (Lipinski definition) is 0. The van der Waals surface area contributed by atoms with Crippen LogP contribution in [0.15, 0.2) is 35.9 Å². The molecule has 0 bridgehead atoms. The summed E-state index contributed by atoms with van der Waals surface area (Å²) in [5, 5.41) is 0. The second kappa shape index (κ2) is 5.43. The van der Waals surface area contributed by atoms with Gasteiger partial charge in [0.05, 0.1) is 6.61 Å². The zero-order valence-corrected chi connectivity index (χ0v) is 9.47. The molecule has 1 aromatic rings. The maximum atomic E-state index is 5.28. The van der Waals surface area contributed by atoms with Crippen LogP contribution < -0.4 is 0 Å². The Balaban J connectivity index is 0.000000980. The molecule has 2 heteroatoms. The van der Waals surface area contributed by atoms with Crippen molar-refractivity contribution >= 4 is 0 Å². The normalized spacial score (nSPS) is 23.5. The fourth-order valence-electron chi connectivity index (χ4n) is 1.37. The first-order chi connectivity index (χ1) is 6.36. The van der Waals surface area contributed by atoms with Gasteiger partial charge in [-0.1, -0.05) is 6.07 Å². The molecule has 1 saturated heterocycles. The van der Waals surface area contributed by atoms with Crippen LogP contribution >= 0.6 is 0 Å². The van der Waals surface area contributed by atoms with E-state index in [-0.39, 0.29) is 25.4 Å². The van der Waals surface area contributed by atoms with Gasteiger partial charge in [-0.15, -0.1) is 23.6 Å². The second-order valence-corrected chi connectivity index (χ2v) is 3.23. The molecular formula is C12H12ORh. The van der Waals surface area contributed by atoms with Gasteiger partial charge in [-0.3, -0.25) is 0 Å². The monoisotopic (exact) mass is 275 g/mol. The van der Waals surface area contributed by atoms with Crippen molar-refractivity contribution in [1.29, 1.82) is 0 Å². The van der Waals surface area contributed by atoms with E-state index >= 15 is 0 Å². The second-order valence-electron chi connectivity index (χ2n) is 3.23. The molecule has 0 N–H and O–H groups in total. The van der Waals surface area contributed by atoms with Crippen LogP contribution in [0, 0.1) is 18.9 Å². The summed E-state index contributed by atoms with van der Waals surface area (Å²) in [6.07, 6.45) is 3.32. The quantitative estimate of drug-likeness (QED) is 0.564. The van der Waals surface area contributed by atoms with Crippen molar-refractivity contribution in [3.8, 4) is 0 Å². The smallest absolute Gasteiger partial charge is 0.380 e. The van der Waals surface area contributed by atoms with E-state index in [1.54, 1.807) is 0 Å². The molecule has 1 aromatic carbocycles. The van der Waals surface area contributed by atoms with Crippen molar-refractivity contribution in [3.63, 3.8) is 0 Å². The van der Waals surface area contributed by atoms with E-state index in [2.05, 4.69) is 13.0 Å². The molecule has 1 aliphatic heterocycles. The van der Waals surface area contributed by atoms with Crippen molar-refractivity contribution < 1.29 is 24.2 Å². The Morgan fingerprint density at radius 3 is 2.57 bits per heavy atom. The predicted octanol–water partition coefficient (Wildman–Crippen LogP) is 2.24. The van der Waals surface area contributed by atoms with E-state index in [9.17, 15) is 0 Å². The van der Waals surface area contributed by atoms with Gasteiger partial charge < -0.3 is 11.7 Å². The van der Waals surface area contributed by atoms with E-state index < -0.39 is 0 Å². The number of hydrogen-bond acceptors (Lipinski definition) is 1. The number of ether oxygens (including phenoxy) is 1. The molecule has 14 heavy (non-hydrogen) atoms. The van der Waals surface area contributed by atoms with Crippen molar-refractivity contribution in [2.24, 2.45) is 5.92 Å². The molecule has 1 fully saturated rings. The minimum atomic E-state index is 0. The molecule has 1 atom stereocenters. The molecule has 0 aromatic heterocycles. The molecule has 75 valence electrons. The molecule has 1 nitrogen and oxygen atoms in total. The van der Waals surface area contributed by atoms with Gasteiger partial charge in [-0.2, -0.15) is 23.8 Å². The van der Waals surface area contributed by atoms with Crippen molar-refractivity contribution in [1.82, 2.24) is 0 Å². The Kier molecular flexibility index (Phi) is 4.51. The van der Waals surface area contributed by atoms with Crippen molar-refractivity contribution in [2.75, 3.05) is 13.2 Å².